The van der Waals surface area contributed by atoms with Crippen LogP contribution in [0.25, 0.3) is 33.5 Å². The third-order valence-electron chi connectivity index (χ3n) is 12.6. The smallest absolute Gasteiger partial charge is 0.262 e. The van der Waals surface area contributed by atoms with Crippen molar-refractivity contribution < 1.29 is 36.7 Å². The number of ether oxygens (including phenoxy) is 1. The van der Waals surface area contributed by atoms with Crippen molar-refractivity contribution in [1.82, 2.24) is 30.2 Å². The minimum atomic E-state index is -3.90. The van der Waals surface area contributed by atoms with Gasteiger partial charge in [0, 0.05) is 29.2 Å². The van der Waals surface area contributed by atoms with Gasteiger partial charge in [-0.25, -0.2) is 13.4 Å². The molecule has 4 amide bonds. The number of nitrogens with zero attached hydrogens (tertiary/aromatic N) is 3. The SMILES string of the molecule is CC(C)(C)c1ccc(-c2nc(O[C@@H]3C[C@H]4C(=O)N[C@]5(C(=O)NS(=O)(=O)C6CC6)C[C@H]5/C=C\CCCCC[C@H](NC(=O)C5CC5)C(=O)N4C3)c3oc4ccccc4c3n2)cc1. The summed E-state index contributed by atoms with van der Waals surface area (Å²) in [5, 5.41) is 6.06. The summed E-state index contributed by atoms with van der Waals surface area (Å²) in [6.07, 6.45) is 9.23. The van der Waals surface area contributed by atoms with Gasteiger partial charge in [0.1, 0.15) is 34.8 Å². The third kappa shape index (κ3) is 8.00. The third-order valence-corrected chi connectivity index (χ3v) is 14.4. The number of fused-ring (bicyclic) bond motifs is 5. The Hall–Kier alpha value is -5.31. The molecule has 3 aliphatic carbocycles. The minimum absolute atomic E-state index is 0.0212. The van der Waals surface area contributed by atoms with Crippen molar-refractivity contribution in [1.29, 1.82) is 0 Å². The summed E-state index contributed by atoms with van der Waals surface area (Å²) in [5.41, 5.74) is 1.82. The highest BCUT2D eigenvalue weighted by molar-refractivity contribution is 7.91. The van der Waals surface area contributed by atoms with Crippen LogP contribution in [0.5, 0.6) is 5.88 Å². The molecule has 0 unspecified atom stereocenters. The van der Waals surface area contributed by atoms with Crippen molar-refractivity contribution in [3.63, 3.8) is 0 Å². The average molecular weight is 837 g/mol. The molecule has 3 saturated carbocycles. The zero-order valence-electron chi connectivity index (χ0n) is 34.2. The van der Waals surface area contributed by atoms with E-state index in [9.17, 15) is 27.6 Å². The number of furan rings is 1. The first-order chi connectivity index (χ1) is 28.7. The van der Waals surface area contributed by atoms with E-state index in [1.54, 1.807) is 0 Å². The van der Waals surface area contributed by atoms with Gasteiger partial charge in [-0.2, -0.15) is 4.98 Å². The van der Waals surface area contributed by atoms with Crippen molar-refractivity contribution >= 4 is 55.7 Å². The largest absolute Gasteiger partial charge is 0.470 e. The number of rotatable bonds is 8. The Morgan fingerprint density at radius 3 is 2.47 bits per heavy atom. The molecule has 5 atom stereocenters. The van der Waals surface area contributed by atoms with E-state index in [0.29, 0.717) is 48.2 Å². The number of benzene rings is 2. The quantitative estimate of drug-likeness (QED) is 0.189. The number of allylic oxidation sites excluding steroid dienone is 1. The molecule has 0 radical (unpaired) electrons. The van der Waals surface area contributed by atoms with Gasteiger partial charge < -0.3 is 24.7 Å². The number of para-hydroxylation sites is 1. The zero-order valence-corrected chi connectivity index (χ0v) is 35.1. The van der Waals surface area contributed by atoms with Crippen LogP contribution in [-0.4, -0.2) is 82.4 Å². The highest BCUT2D eigenvalue weighted by atomic mass is 32.2. The summed E-state index contributed by atoms with van der Waals surface area (Å²) in [6, 6.07) is 13.6. The van der Waals surface area contributed by atoms with Crippen LogP contribution in [0.4, 0.5) is 0 Å². The van der Waals surface area contributed by atoms with Crippen LogP contribution in [-0.2, 0) is 34.6 Å². The molecule has 4 aromatic rings. The van der Waals surface area contributed by atoms with E-state index in [0.717, 1.165) is 48.6 Å². The molecule has 15 heteroatoms. The van der Waals surface area contributed by atoms with Gasteiger partial charge in [0.2, 0.25) is 33.3 Å². The van der Waals surface area contributed by atoms with Gasteiger partial charge in [-0.1, -0.05) is 82.2 Å². The topological polar surface area (TPSA) is 190 Å². The molecule has 5 aliphatic rings. The number of carbonyl (C=O) groups excluding carboxylic acids is 4. The van der Waals surface area contributed by atoms with Gasteiger partial charge in [0.25, 0.3) is 11.8 Å². The van der Waals surface area contributed by atoms with E-state index < -0.39 is 62.6 Å². The summed E-state index contributed by atoms with van der Waals surface area (Å²) in [4.78, 5) is 67.5. The predicted molar refractivity (Wildman–Crippen MR) is 224 cm³/mol. The van der Waals surface area contributed by atoms with Gasteiger partial charge in [-0.3, -0.25) is 23.9 Å². The van der Waals surface area contributed by atoms with E-state index in [-0.39, 0.29) is 42.5 Å². The van der Waals surface area contributed by atoms with E-state index in [2.05, 4.69) is 48.3 Å². The van der Waals surface area contributed by atoms with Crippen LogP contribution in [0.1, 0.15) is 97.0 Å². The summed E-state index contributed by atoms with van der Waals surface area (Å²) in [5.74, 6) is -1.97. The second-order valence-electron chi connectivity index (χ2n) is 18.3. The Morgan fingerprint density at radius 1 is 0.967 bits per heavy atom. The fraction of sp³-hybridized carbons (Fsp3) is 0.511. The number of nitrogens with one attached hydrogen (secondary N) is 3. The van der Waals surface area contributed by atoms with Crippen LogP contribution in [0, 0.1) is 11.8 Å². The molecule has 60 heavy (non-hydrogen) atoms. The highest BCUT2D eigenvalue weighted by Crippen LogP contribution is 2.46. The Balaban J connectivity index is 1.06. The highest BCUT2D eigenvalue weighted by Gasteiger charge is 2.62. The Labute approximate surface area is 349 Å². The molecule has 2 aromatic heterocycles. The van der Waals surface area contributed by atoms with Crippen LogP contribution in [0.2, 0.25) is 0 Å². The normalized spacial score (nSPS) is 26.9. The van der Waals surface area contributed by atoms with E-state index in [1.807, 2.05) is 48.6 Å². The maximum absolute atomic E-state index is 14.7. The van der Waals surface area contributed by atoms with E-state index >= 15 is 0 Å². The number of hydrogen-bond donors (Lipinski definition) is 3. The molecule has 9 rings (SSSR count). The predicted octanol–water partition coefficient (Wildman–Crippen LogP) is 5.59. The molecule has 0 bridgehead atoms. The van der Waals surface area contributed by atoms with Gasteiger partial charge in [-0.05, 0) is 74.5 Å². The Kier molecular flexibility index (Phi) is 10.2. The van der Waals surface area contributed by atoms with Crippen LogP contribution in [0.3, 0.4) is 0 Å². The second-order valence-corrected chi connectivity index (χ2v) is 20.2. The number of aromatic nitrogens is 2. The van der Waals surface area contributed by atoms with Crippen LogP contribution < -0.4 is 20.1 Å². The molecule has 4 fully saturated rings. The monoisotopic (exact) mass is 836 g/mol. The summed E-state index contributed by atoms with van der Waals surface area (Å²) in [7, 11) is -3.90. The number of sulfonamides is 1. The molecule has 0 spiro atoms. The van der Waals surface area contributed by atoms with Gasteiger partial charge in [0.15, 0.2) is 5.82 Å². The lowest BCUT2D eigenvalue weighted by Crippen LogP contribution is -2.58. The van der Waals surface area contributed by atoms with Crippen LogP contribution >= 0.6 is 0 Å². The Morgan fingerprint density at radius 2 is 1.73 bits per heavy atom. The van der Waals surface area contributed by atoms with Crippen molar-refractivity contribution in [3.05, 3.63) is 66.2 Å². The lowest BCUT2D eigenvalue weighted by atomic mass is 9.87. The molecule has 2 aromatic carbocycles. The molecule has 3 N–H and O–H groups in total. The van der Waals surface area contributed by atoms with Crippen LogP contribution in [0.15, 0.2) is 65.1 Å². The minimum Gasteiger partial charge on any atom is -0.470 e. The summed E-state index contributed by atoms with van der Waals surface area (Å²) < 4.78 is 41.1. The van der Waals surface area contributed by atoms with Crippen molar-refractivity contribution in [2.75, 3.05) is 6.54 Å². The fourth-order valence-electron chi connectivity index (χ4n) is 8.53. The lowest BCUT2D eigenvalue weighted by molar-refractivity contribution is -0.142. The maximum Gasteiger partial charge on any atom is 0.262 e. The first kappa shape index (κ1) is 40.1. The average Bonchev–Trinajstić information content (AvgIpc) is 4.14. The van der Waals surface area contributed by atoms with Crippen molar-refractivity contribution in [3.8, 4) is 17.3 Å². The van der Waals surface area contributed by atoms with Crippen molar-refractivity contribution in [2.45, 2.75) is 126 Å². The molecular formula is C45H52N6O8S. The van der Waals surface area contributed by atoms with E-state index in [1.165, 1.54) is 4.90 Å². The lowest BCUT2D eigenvalue weighted by Gasteiger charge is -2.30. The summed E-state index contributed by atoms with van der Waals surface area (Å²) >= 11 is 0. The van der Waals surface area contributed by atoms with E-state index in [4.69, 9.17) is 19.1 Å². The second kappa shape index (κ2) is 15.3. The standard InChI is InChI=1S/C45H52N6O8S/c1-44(2,3)28-19-17-26(18-20-28)38-47-36-32-12-9-10-14-35(32)59-37(36)41(48-38)58-30-23-34-40(53)49-45(43(55)50-60(56,57)31-21-22-31)24-29(45)11-7-5-4-6-8-13-33(42(54)51(34)25-30)46-39(52)27-15-16-27/h7,9-12,14,17-20,27,29-31,33-34H,4-6,8,13,15-16,21-25H2,1-3H3,(H,46,52)(H,49,53)(H,50,55)/b11-7-/t29-,30-,33+,34+,45-/m1/s1. The fourth-order valence-corrected chi connectivity index (χ4v) is 9.90. The first-order valence-electron chi connectivity index (χ1n) is 21.3. The molecule has 316 valence electrons. The summed E-state index contributed by atoms with van der Waals surface area (Å²) in [6.45, 7) is 6.41. The van der Waals surface area contributed by atoms with Gasteiger partial charge in [-0.15, -0.1) is 0 Å². The number of hydrogen-bond acceptors (Lipinski definition) is 10. The number of carbonyl (C=O) groups is 4. The maximum atomic E-state index is 14.7. The molecule has 1 saturated heterocycles. The first-order valence-corrected chi connectivity index (χ1v) is 22.9. The zero-order chi connectivity index (χ0) is 42.0. The van der Waals surface area contributed by atoms with Gasteiger partial charge >= 0.3 is 0 Å². The molecule has 4 heterocycles. The Bertz CT molecular complexity index is 2500. The number of amides is 4. The van der Waals surface area contributed by atoms with Gasteiger partial charge in [0.05, 0.1) is 11.8 Å². The van der Waals surface area contributed by atoms with Crippen molar-refractivity contribution in [2.24, 2.45) is 11.8 Å². The molecule has 14 nitrogen and oxygen atoms in total. The molecule has 2 aliphatic heterocycles. The molecular weight excluding hydrogens is 785 g/mol.